The van der Waals surface area contributed by atoms with Crippen LogP contribution in [0, 0.1) is 0 Å². The molecule has 0 aromatic rings. The van der Waals surface area contributed by atoms with Gasteiger partial charge in [-0.25, -0.2) is 0 Å². The lowest BCUT2D eigenvalue weighted by Crippen LogP contribution is -2.23. The highest BCUT2D eigenvalue weighted by molar-refractivity contribution is 5.68. The fourth-order valence-corrected chi connectivity index (χ4v) is 2.66. The van der Waals surface area contributed by atoms with Crippen LogP contribution in [-0.4, -0.2) is 30.3 Å². The molecule has 2 atom stereocenters. The molecule has 1 N–H and O–H groups in total. The van der Waals surface area contributed by atoms with Crippen LogP contribution in [0.15, 0.2) is 17.3 Å². The van der Waals surface area contributed by atoms with E-state index in [1.807, 2.05) is 6.08 Å². The summed E-state index contributed by atoms with van der Waals surface area (Å²) in [5, 5.41) is 13.8. The number of rotatable bonds is 16. The Hall–Kier alpha value is -1.52. The smallest absolute Gasteiger partial charge is 0.305 e. The quantitative estimate of drug-likeness (QED) is 0.0996. The van der Waals surface area contributed by atoms with E-state index in [0.29, 0.717) is 19.3 Å². The highest BCUT2D eigenvalue weighted by atomic mass is 16.5. The number of methoxy groups -OCH3 is 1. The first-order chi connectivity index (χ1) is 12.2. The van der Waals surface area contributed by atoms with E-state index in [1.54, 1.807) is 0 Å². The summed E-state index contributed by atoms with van der Waals surface area (Å²) < 4.78 is 4.61. The zero-order valence-electron chi connectivity index (χ0n) is 15.9. The second kappa shape index (κ2) is 17.3. The molecule has 0 heterocycles. The fraction of sp³-hybridized carbons (Fsp3) is 0.842. The summed E-state index contributed by atoms with van der Waals surface area (Å²) in [4.78, 5) is 13.8. The molecule has 0 rings (SSSR count). The lowest BCUT2D eigenvalue weighted by Gasteiger charge is -2.16. The Morgan fingerprint density at radius 3 is 2.56 bits per heavy atom. The van der Waals surface area contributed by atoms with Crippen molar-refractivity contribution in [3.63, 3.8) is 0 Å². The number of carbonyl (C=O) groups is 1. The van der Waals surface area contributed by atoms with Crippen LogP contribution in [0.3, 0.4) is 0 Å². The van der Waals surface area contributed by atoms with E-state index in [4.69, 9.17) is 5.53 Å². The Labute approximate surface area is 152 Å². The van der Waals surface area contributed by atoms with Crippen LogP contribution in [0.25, 0.3) is 10.4 Å². The van der Waals surface area contributed by atoms with E-state index in [9.17, 15) is 9.90 Å². The number of esters is 1. The minimum atomic E-state index is -0.554. The minimum Gasteiger partial charge on any atom is -0.469 e. The number of aliphatic hydroxyl groups excluding tert-OH is 1. The van der Waals surface area contributed by atoms with E-state index in [-0.39, 0.29) is 12.0 Å². The van der Waals surface area contributed by atoms with E-state index in [1.165, 1.54) is 7.11 Å². The Morgan fingerprint density at radius 1 is 1.16 bits per heavy atom. The Morgan fingerprint density at radius 2 is 1.88 bits per heavy atom. The highest BCUT2D eigenvalue weighted by Crippen LogP contribution is 2.14. The highest BCUT2D eigenvalue weighted by Gasteiger charge is 2.15. The van der Waals surface area contributed by atoms with Crippen molar-refractivity contribution < 1.29 is 14.6 Å². The molecule has 144 valence electrons. The monoisotopic (exact) mass is 353 g/mol. The summed E-state index contributed by atoms with van der Waals surface area (Å²) in [6, 6.07) is -0.364. The van der Waals surface area contributed by atoms with Crippen molar-refractivity contribution in [2.45, 2.75) is 96.1 Å². The molecule has 25 heavy (non-hydrogen) atoms. The SMILES string of the molecule is CCCCC[C@@H](O)[C@@H](C/C=C\CCCCCCCC(=O)OC)N=[N+]=[N-]. The lowest BCUT2D eigenvalue weighted by molar-refractivity contribution is -0.140. The molecule has 0 amide bonds. The molecular weight excluding hydrogens is 318 g/mol. The van der Waals surface area contributed by atoms with E-state index in [2.05, 4.69) is 27.8 Å². The molecule has 0 aromatic carbocycles. The van der Waals surface area contributed by atoms with Crippen LogP contribution in [0.4, 0.5) is 0 Å². The molecule has 0 saturated heterocycles. The average Bonchev–Trinajstić information content (AvgIpc) is 2.62. The van der Waals surface area contributed by atoms with Crippen molar-refractivity contribution in [1.29, 1.82) is 0 Å². The van der Waals surface area contributed by atoms with Crippen molar-refractivity contribution in [3.05, 3.63) is 22.6 Å². The third kappa shape index (κ3) is 14.5. The third-order valence-electron chi connectivity index (χ3n) is 4.27. The van der Waals surface area contributed by atoms with Crippen LogP contribution in [-0.2, 0) is 9.53 Å². The number of azide groups is 1. The summed E-state index contributed by atoms with van der Waals surface area (Å²) in [7, 11) is 1.42. The third-order valence-corrected chi connectivity index (χ3v) is 4.27. The van der Waals surface area contributed by atoms with Gasteiger partial charge in [-0.05, 0) is 37.6 Å². The number of allylic oxidation sites excluding steroid dienone is 1. The maximum atomic E-state index is 11.0. The number of nitrogens with zero attached hydrogens (tertiary/aromatic N) is 3. The molecule has 0 fully saturated rings. The molecule has 0 bridgehead atoms. The van der Waals surface area contributed by atoms with Gasteiger partial charge in [0.1, 0.15) is 0 Å². The number of aliphatic hydroxyl groups is 1. The van der Waals surface area contributed by atoms with E-state index >= 15 is 0 Å². The number of ether oxygens (including phenoxy) is 1. The normalized spacial score (nSPS) is 13.4. The van der Waals surface area contributed by atoms with Gasteiger partial charge in [0.15, 0.2) is 0 Å². The van der Waals surface area contributed by atoms with Crippen molar-refractivity contribution in [2.75, 3.05) is 7.11 Å². The molecule has 0 aliphatic rings. The molecule has 0 aromatic heterocycles. The number of carbonyl (C=O) groups excluding carboxylic acids is 1. The lowest BCUT2D eigenvalue weighted by atomic mass is 10.0. The first-order valence-electron chi connectivity index (χ1n) is 9.59. The number of unbranched alkanes of at least 4 members (excludes halogenated alkanes) is 7. The van der Waals surface area contributed by atoms with Crippen LogP contribution in [0.2, 0.25) is 0 Å². The molecule has 0 unspecified atom stereocenters. The zero-order valence-corrected chi connectivity index (χ0v) is 15.9. The van der Waals surface area contributed by atoms with E-state index < -0.39 is 6.10 Å². The second-order valence-corrected chi connectivity index (χ2v) is 6.43. The van der Waals surface area contributed by atoms with Gasteiger partial charge in [-0.2, -0.15) is 0 Å². The van der Waals surface area contributed by atoms with Gasteiger partial charge in [-0.15, -0.1) is 0 Å². The first-order valence-corrected chi connectivity index (χ1v) is 9.59. The van der Waals surface area contributed by atoms with Gasteiger partial charge in [0.2, 0.25) is 0 Å². The van der Waals surface area contributed by atoms with Gasteiger partial charge in [0.05, 0.1) is 19.3 Å². The standard InChI is InChI=1S/C19H35N3O3/c1-3-4-11-15-18(23)17(21-22-20)14-12-9-7-5-6-8-10-13-16-19(24)25-2/h9,12,17-18,23H,3-8,10-11,13-16H2,1-2H3/b12-9-/t17-,18-/m1/s1. The molecule has 0 spiro atoms. The average molecular weight is 354 g/mol. The van der Waals surface area contributed by atoms with Crippen LogP contribution < -0.4 is 0 Å². The predicted octanol–water partition coefficient (Wildman–Crippen LogP) is 5.46. The van der Waals surface area contributed by atoms with Gasteiger partial charge in [0, 0.05) is 11.3 Å². The van der Waals surface area contributed by atoms with Crippen LogP contribution in [0.1, 0.15) is 84.0 Å². The predicted molar refractivity (Wildman–Crippen MR) is 101 cm³/mol. The number of hydrogen-bond acceptors (Lipinski definition) is 4. The van der Waals surface area contributed by atoms with Crippen molar-refractivity contribution in [2.24, 2.45) is 5.11 Å². The van der Waals surface area contributed by atoms with Crippen molar-refractivity contribution >= 4 is 5.97 Å². The van der Waals surface area contributed by atoms with Gasteiger partial charge in [0.25, 0.3) is 0 Å². The molecule has 0 aliphatic heterocycles. The number of hydrogen-bond donors (Lipinski definition) is 1. The molecule has 0 aliphatic carbocycles. The second-order valence-electron chi connectivity index (χ2n) is 6.43. The Balaban J connectivity index is 3.77. The molecule has 6 nitrogen and oxygen atoms in total. The summed E-state index contributed by atoms with van der Waals surface area (Å²) in [6.07, 6.45) is 14.9. The van der Waals surface area contributed by atoms with Gasteiger partial charge in [-0.1, -0.05) is 62.7 Å². The minimum absolute atomic E-state index is 0.130. The van der Waals surface area contributed by atoms with Crippen LogP contribution >= 0.6 is 0 Å². The van der Waals surface area contributed by atoms with Crippen molar-refractivity contribution in [1.82, 2.24) is 0 Å². The zero-order chi connectivity index (χ0) is 18.8. The van der Waals surface area contributed by atoms with Gasteiger partial charge >= 0.3 is 5.97 Å². The molecule has 6 heteroatoms. The van der Waals surface area contributed by atoms with Gasteiger partial charge in [-0.3, -0.25) is 4.79 Å². The van der Waals surface area contributed by atoms with Crippen molar-refractivity contribution in [3.8, 4) is 0 Å². The Bertz CT molecular complexity index is 407. The van der Waals surface area contributed by atoms with Crippen LogP contribution in [0.5, 0.6) is 0 Å². The largest absolute Gasteiger partial charge is 0.469 e. The molecule has 0 radical (unpaired) electrons. The summed E-state index contributed by atoms with van der Waals surface area (Å²) in [5.74, 6) is -0.130. The van der Waals surface area contributed by atoms with Gasteiger partial charge < -0.3 is 9.84 Å². The topological polar surface area (TPSA) is 95.3 Å². The van der Waals surface area contributed by atoms with E-state index in [0.717, 1.165) is 57.8 Å². The maximum Gasteiger partial charge on any atom is 0.305 e. The fourth-order valence-electron chi connectivity index (χ4n) is 2.66. The summed E-state index contributed by atoms with van der Waals surface area (Å²) >= 11 is 0. The summed E-state index contributed by atoms with van der Waals surface area (Å²) in [6.45, 7) is 2.12. The maximum absolute atomic E-state index is 11.0. The summed E-state index contributed by atoms with van der Waals surface area (Å²) in [5.41, 5.74) is 8.64. The molecular formula is C19H35N3O3. The first kappa shape index (κ1) is 23.5. The molecule has 0 saturated carbocycles. The Kier molecular flexibility index (Phi) is 16.3.